The summed E-state index contributed by atoms with van der Waals surface area (Å²) < 4.78 is 0. The van der Waals surface area contributed by atoms with Crippen LogP contribution in [-0.2, 0) is 6.54 Å². The van der Waals surface area contributed by atoms with Crippen molar-refractivity contribution >= 4 is 11.7 Å². The van der Waals surface area contributed by atoms with Gasteiger partial charge in [-0.15, -0.1) is 0 Å². The number of hydrogen-bond acceptors (Lipinski definition) is 6. The van der Waals surface area contributed by atoms with Crippen LogP contribution in [0.4, 0.5) is 5.82 Å². The van der Waals surface area contributed by atoms with E-state index in [0.29, 0.717) is 25.1 Å². The fourth-order valence-electron chi connectivity index (χ4n) is 4.29. The number of benzene rings is 1. The van der Waals surface area contributed by atoms with Gasteiger partial charge in [0.1, 0.15) is 17.7 Å². The Bertz CT molecular complexity index is 866. The fraction of sp³-hybridized carbons (Fsp3) is 0.522. The largest absolute Gasteiger partial charge is 0.386 e. The minimum Gasteiger partial charge on any atom is -0.386 e. The number of amides is 1. The second-order valence-electron chi connectivity index (χ2n) is 8.63. The third-order valence-corrected chi connectivity index (χ3v) is 6.09. The van der Waals surface area contributed by atoms with Crippen LogP contribution >= 0.6 is 0 Å². The van der Waals surface area contributed by atoms with Crippen molar-refractivity contribution in [3.63, 3.8) is 0 Å². The average Bonchev–Trinajstić information content (AvgIpc) is 3.16. The lowest BCUT2D eigenvalue weighted by atomic mass is 10.0. The zero-order valence-corrected chi connectivity index (χ0v) is 17.7. The molecular weight excluding hydrogens is 378 g/mol. The van der Waals surface area contributed by atoms with Crippen molar-refractivity contribution in [2.45, 2.75) is 44.8 Å². The van der Waals surface area contributed by atoms with Crippen LogP contribution in [0.5, 0.6) is 0 Å². The molecule has 4 rings (SSSR count). The lowest BCUT2D eigenvalue weighted by Crippen LogP contribution is -2.45. The van der Waals surface area contributed by atoms with Crippen LogP contribution < -0.4 is 10.2 Å². The summed E-state index contributed by atoms with van der Waals surface area (Å²) in [5.74, 6) is 0.665. The highest BCUT2D eigenvalue weighted by molar-refractivity contribution is 5.94. The molecule has 160 valence electrons. The number of anilines is 1. The van der Waals surface area contributed by atoms with Crippen molar-refractivity contribution < 1.29 is 9.90 Å². The average molecular weight is 410 g/mol. The molecule has 2 N–H and O–H groups in total. The molecule has 7 heteroatoms. The number of carbonyl (C=O) groups is 1. The topological polar surface area (TPSA) is 81.6 Å². The van der Waals surface area contributed by atoms with Gasteiger partial charge in [0.05, 0.1) is 0 Å². The molecule has 1 unspecified atom stereocenters. The van der Waals surface area contributed by atoms with Gasteiger partial charge in [-0.05, 0) is 57.0 Å². The molecule has 2 aliphatic rings. The molecular formula is C23H31N5O2. The highest BCUT2D eigenvalue weighted by Gasteiger charge is 2.37. The highest BCUT2D eigenvalue weighted by atomic mass is 16.3. The van der Waals surface area contributed by atoms with Crippen LogP contribution in [0.25, 0.3) is 0 Å². The molecule has 1 amide bonds. The molecule has 2 saturated heterocycles. The summed E-state index contributed by atoms with van der Waals surface area (Å²) in [6.45, 7) is 6.55. The number of β-amino-alcohol motifs (C(OH)–C–C–N with tert-alkyl or cyclic N) is 1. The maximum atomic E-state index is 12.6. The lowest BCUT2D eigenvalue weighted by molar-refractivity contribution is 0.0575. The molecule has 3 heterocycles. The Morgan fingerprint density at radius 3 is 2.63 bits per heavy atom. The van der Waals surface area contributed by atoms with Crippen molar-refractivity contribution in [2.24, 2.45) is 0 Å². The maximum Gasteiger partial charge on any atom is 0.251 e. The normalized spacial score (nSPS) is 22.3. The first-order valence-corrected chi connectivity index (χ1v) is 10.9. The van der Waals surface area contributed by atoms with Crippen molar-refractivity contribution in [2.75, 3.05) is 37.6 Å². The number of hydrogen-bond donors (Lipinski definition) is 2. The van der Waals surface area contributed by atoms with Crippen molar-refractivity contribution in [1.82, 2.24) is 20.2 Å². The monoisotopic (exact) mass is 409 g/mol. The number of carbonyl (C=O) groups excluding carboxylic acids is 1. The molecule has 1 aromatic carbocycles. The molecule has 2 aliphatic heterocycles. The maximum absolute atomic E-state index is 12.6. The summed E-state index contributed by atoms with van der Waals surface area (Å²) in [5, 5.41) is 13.8. The number of piperidine rings is 1. The van der Waals surface area contributed by atoms with E-state index < -0.39 is 5.60 Å². The van der Waals surface area contributed by atoms with E-state index in [0.717, 1.165) is 31.1 Å². The van der Waals surface area contributed by atoms with Crippen LogP contribution in [0.15, 0.2) is 36.7 Å². The number of likely N-dealkylation sites (tertiary alicyclic amines) is 1. The summed E-state index contributed by atoms with van der Waals surface area (Å²) in [4.78, 5) is 25.5. The van der Waals surface area contributed by atoms with Crippen molar-refractivity contribution in [1.29, 1.82) is 0 Å². The number of nitrogens with one attached hydrogen (secondary N) is 1. The molecule has 0 radical (unpaired) electrons. The van der Waals surface area contributed by atoms with Crippen molar-refractivity contribution in [3.8, 4) is 0 Å². The van der Waals surface area contributed by atoms with Crippen LogP contribution in [0.1, 0.15) is 47.3 Å². The predicted molar refractivity (Wildman–Crippen MR) is 116 cm³/mol. The molecule has 30 heavy (non-hydrogen) atoms. The molecule has 7 nitrogen and oxygen atoms in total. The zero-order valence-electron chi connectivity index (χ0n) is 17.7. The van der Waals surface area contributed by atoms with Gasteiger partial charge in [-0.25, -0.2) is 9.97 Å². The SMILES string of the molecule is Cc1cc(N2CCC(O)(CNC(=O)c3ccc(CN4CCCCC4)cc3)C2)ncn1. The van der Waals surface area contributed by atoms with Crippen molar-refractivity contribution in [3.05, 3.63) is 53.5 Å². The van der Waals surface area contributed by atoms with E-state index in [2.05, 4.69) is 20.2 Å². The molecule has 0 spiro atoms. The molecule has 0 saturated carbocycles. The number of aryl methyl sites for hydroxylation is 1. The quantitative estimate of drug-likeness (QED) is 0.761. The molecule has 1 aromatic heterocycles. The van der Waals surface area contributed by atoms with E-state index in [1.165, 1.54) is 24.8 Å². The smallest absolute Gasteiger partial charge is 0.251 e. The zero-order chi connectivity index (χ0) is 21.0. The molecule has 0 aliphatic carbocycles. The van der Waals surface area contributed by atoms with Gasteiger partial charge < -0.3 is 15.3 Å². The van der Waals surface area contributed by atoms with Gasteiger partial charge >= 0.3 is 0 Å². The fourth-order valence-corrected chi connectivity index (χ4v) is 4.29. The van der Waals surface area contributed by atoms with E-state index >= 15 is 0 Å². The predicted octanol–water partition coefficient (Wildman–Crippen LogP) is 2.14. The van der Waals surface area contributed by atoms with Crippen LogP contribution in [0.3, 0.4) is 0 Å². The van der Waals surface area contributed by atoms with Gasteiger partial charge in [0.15, 0.2) is 0 Å². The Hall–Kier alpha value is -2.51. The van der Waals surface area contributed by atoms with Gasteiger partial charge in [-0.3, -0.25) is 9.69 Å². The van der Waals surface area contributed by atoms with E-state index in [4.69, 9.17) is 0 Å². The minimum absolute atomic E-state index is 0.149. The summed E-state index contributed by atoms with van der Waals surface area (Å²) in [7, 11) is 0. The Morgan fingerprint density at radius 2 is 1.90 bits per heavy atom. The van der Waals surface area contributed by atoms with E-state index in [1.54, 1.807) is 6.33 Å². The summed E-state index contributed by atoms with van der Waals surface area (Å²) in [5.41, 5.74) is 1.80. The van der Waals surface area contributed by atoms with E-state index in [1.807, 2.05) is 42.2 Å². The third-order valence-electron chi connectivity index (χ3n) is 6.09. The Morgan fingerprint density at radius 1 is 1.13 bits per heavy atom. The van der Waals surface area contributed by atoms with Gasteiger partial charge in [-0.2, -0.15) is 0 Å². The van der Waals surface area contributed by atoms with E-state index in [9.17, 15) is 9.90 Å². The van der Waals surface area contributed by atoms with Crippen LogP contribution in [-0.4, -0.2) is 64.2 Å². The first kappa shape index (κ1) is 20.8. The Kier molecular flexibility index (Phi) is 6.29. The standard InChI is InChI=1S/C23H31N5O2/c1-18-13-21(26-17-25-18)28-12-9-23(30,16-28)15-24-22(29)20-7-5-19(6-8-20)14-27-10-3-2-4-11-27/h5-8,13,17,30H,2-4,9-12,14-16H2,1H3,(H,24,29). The number of aliphatic hydroxyl groups is 1. The Labute approximate surface area is 178 Å². The molecule has 1 atom stereocenters. The highest BCUT2D eigenvalue weighted by Crippen LogP contribution is 2.25. The summed E-state index contributed by atoms with van der Waals surface area (Å²) in [6.07, 6.45) is 6.01. The van der Waals surface area contributed by atoms with Crippen LogP contribution in [0.2, 0.25) is 0 Å². The second-order valence-corrected chi connectivity index (χ2v) is 8.63. The minimum atomic E-state index is -0.956. The summed E-state index contributed by atoms with van der Waals surface area (Å²) >= 11 is 0. The number of rotatable bonds is 6. The second kappa shape index (κ2) is 9.10. The van der Waals surface area contributed by atoms with E-state index in [-0.39, 0.29) is 12.5 Å². The number of nitrogens with zero attached hydrogens (tertiary/aromatic N) is 4. The number of aromatic nitrogens is 2. The Balaban J connectivity index is 1.28. The first-order chi connectivity index (χ1) is 14.5. The molecule has 2 aromatic rings. The summed E-state index contributed by atoms with van der Waals surface area (Å²) in [6, 6.07) is 9.74. The lowest BCUT2D eigenvalue weighted by Gasteiger charge is -2.26. The molecule has 2 fully saturated rings. The van der Waals surface area contributed by atoms with Crippen LogP contribution in [0, 0.1) is 6.92 Å². The first-order valence-electron chi connectivity index (χ1n) is 10.9. The van der Waals surface area contributed by atoms with Gasteiger partial charge in [0.2, 0.25) is 0 Å². The third kappa shape index (κ3) is 5.15. The van der Waals surface area contributed by atoms with Gasteiger partial charge in [-0.1, -0.05) is 18.6 Å². The van der Waals surface area contributed by atoms with Gasteiger partial charge in [0, 0.05) is 43.5 Å². The molecule has 0 bridgehead atoms. The van der Waals surface area contributed by atoms with Gasteiger partial charge in [0.25, 0.3) is 5.91 Å².